The van der Waals surface area contributed by atoms with E-state index in [1.54, 1.807) is 0 Å². The Kier molecular flexibility index (Phi) is 6.30. The van der Waals surface area contributed by atoms with Gasteiger partial charge < -0.3 is 10.1 Å². The molecule has 8 heteroatoms. The second-order valence-electron chi connectivity index (χ2n) is 5.09. The van der Waals surface area contributed by atoms with Crippen molar-refractivity contribution in [3.05, 3.63) is 38.9 Å². The Labute approximate surface area is 132 Å². The van der Waals surface area contributed by atoms with Gasteiger partial charge in [0.25, 0.3) is 11.6 Å². The molecule has 0 unspecified atom stereocenters. The van der Waals surface area contributed by atoms with Crippen molar-refractivity contribution in [3.63, 3.8) is 0 Å². The van der Waals surface area contributed by atoms with E-state index < -0.39 is 29.1 Å². The quantitative estimate of drug-likeness (QED) is 0.491. The van der Waals surface area contributed by atoms with Gasteiger partial charge in [0.1, 0.15) is 5.56 Å². The topological polar surface area (TPSA) is 98.5 Å². The zero-order valence-electron chi connectivity index (χ0n) is 12.5. The van der Waals surface area contributed by atoms with Crippen LogP contribution in [0.3, 0.4) is 0 Å². The molecule has 1 rings (SSSR count). The number of ether oxygens (including phenoxy) is 1. The molecule has 1 aromatic rings. The molecule has 1 amide bonds. The molecule has 0 radical (unpaired) electrons. The number of hydrogen-bond acceptors (Lipinski definition) is 5. The number of carbonyl (C=O) groups excluding carboxylic acids is 2. The molecule has 1 N–H and O–H groups in total. The summed E-state index contributed by atoms with van der Waals surface area (Å²) in [6, 6.07) is 3.51. The molecule has 0 heterocycles. The first kappa shape index (κ1) is 17.9. The Morgan fingerprint density at radius 1 is 1.36 bits per heavy atom. The molecule has 7 nitrogen and oxygen atoms in total. The van der Waals surface area contributed by atoms with E-state index in [4.69, 9.17) is 16.3 Å². The van der Waals surface area contributed by atoms with Gasteiger partial charge in [-0.05, 0) is 25.0 Å². The summed E-state index contributed by atoms with van der Waals surface area (Å²) in [5, 5.41) is 13.7. The van der Waals surface area contributed by atoms with Gasteiger partial charge in [0.2, 0.25) is 0 Å². The Morgan fingerprint density at radius 2 is 2.00 bits per heavy atom. The normalized spacial score (nSPS) is 11.9. The number of nitrogens with one attached hydrogen (secondary N) is 1. The highest BCUT2D eigenvalue weighted by Crippen LogP contribution is 2.23. The molecule has 0 fully saturated rings. The SMILES string of the molecule is CC(C)[C@@H](C)NC(=O)COC(=O)c1ccc(Cl)cc1[N+](=O)[O-]. The Hall–Kier alpha value is -2.15. The highest BCUT2D eigenvalue weighted by Gasteiger charge is 2.22. The van der Waals surface area contributed by atoms with Gasteiger partial charge in [-0.15, -0.1) is 0 Å². The second kappa shape index (κ2) is 7.74. The molecule has 0 aliphatic carbocycles. The van der Waals surface area contributed by atoms with E-state index in [-0.39, 0.29) is 22.5 Å². The van der Waals surface area contributed by atoms with E-state index >= 15 is 0 Å². The fourth-order valence-corrected chi connectivity index (χ4v) is 1.67. The fourth-order valence-electron chi connectivity index (χ4n) is 1.50. The van der Waals surface area contributed by atoms with Crippen molar-refractivity contribution in [1.82, 2.24) is 5.32 Å². The predicted molar refractivity (Wildman–Crippen MR) is 80.8 cm³/mol. The Bertz CT molecular complexity index is 589. The van der Waals surface area contributed by atoms with E-state index in [9.17, 15) is 19.7 Å². The number of nitro benzene ring substituents is 1. The van der Waals surface area contributed by atoms with Gasteiger partial charge in [0.05, 0.1) is 4.92 Å². The number of esters is 1. The lowest BCUT2D eigenvalue weighted by Gasteiger charge is -2.17. The van der Waals surface area contributed by atoms with Crippen LogP contribution >= 0.6 is 11.6 Å². The van der Waals surface area contributed by atoms with Crippen LogP contribution in [0.1, 0.15) is 31.1 Å². The third-order valence-corrected chi connectivity index (χ3v) is 3.33. The van der Waals surface area contributed by atoms with Crippen molar-refractivity contribution >= 4 is 29.2 Å². The smallest absolute Gasteiger partial charge is 0.345 e. The van der Waals surface area contributed by atoms with Crippen LogP contribution in [0.2, 0.25) is 5.02 Å². The Balaban J connectivity index is 2.70. The van der Waals surface area contributed by atoms with Crippen molar-refractivity contribution in [2.45, 2.75) is 26.8 Å². The van der Waals surface area contributed by atoms with Crippen LogP contribution < -0.4 is 5.32 Å². The van der Waals surface area contributed by atoms with Crippen LogP contribution in [-0.2, 0) is 9.53 Å². The largest absolute Gasteiger partial charge is 0.452 e. The third kappa shape index (κ3) is 5.00. The number of hydrogen-bond donors (Lipinski definition) is 1. The first-order chi connectivity index (χ1) is 10.2. The molecule has 1 aromatic carbocycles. The van der Waals surface area contributed by atoms with Gasteiger partial charge in [-0.2, -0.15) is 0 Å². The lowest BCUT2D eigenvalue weighted by atomic mass is 10.1. The lowest BCUT2D eigenvalue weighted by Crippen LogP contribution is -2.38. The van der Waals surface area contributed by atoms with Crippen LogP contribution in [0.15, 0.2) is 18.2 Å². The van der Waals surface area contributed by atoms with Crippen LogP contribution in [0, 0.1) is 16.0 Å². The summed E-state index contributed by atoms with van der Waals surface area (Å²) in [7, 11) is 0. The molecule has 0 saturated carbocycles. The van der Waals surface area contributed by atoms with Gasteiger partial charge in [-0.1, -0.05) is 25.4 Å². The van der Waals surface area contributed by atoms with E-state index in [0.29, 0.717) is 0 Å². The molecule has 120 valence electrons. The number of halogens is 1. The monoisotopic (exact) mass is 328 g/mol. The summed E-state index contributed by atoms with van der Waals surface area (Å²) >= 11 is 5.66. The molecular formula is C14H17ClN2O5. The van der Waals surface area contributed by atoms with Crippen molar-refractivity contribution in [1.29, 1.82) is 0 Å². The molecule has 0 aliphatic rings. The maximum atomic E-state index is 11.9. The first-order valence-electron chi connectivity index (χ1n) is 6.62. The summed E-state index contributed by atoms with van der Waals surface area (Å²) in [6.07, 6.45) is 0. The van der Waals surface area contributed by atoms with E-state index in [0.717, 1.165) is 6.07 Å². The summed E-state index contributed by atoms with van der Waals surface area (Å²) in [6.45, 7) is 5.20. The fraction of sp³-hybridized carbons (Fsp3) is 0.429. The number of rotatable bonds is 6. The van der Waals surface area contributed by atoms with Gasteiger partial charge in [0, 0.05) is 17.1 Å². The van der Waals surface area contributed by atoms with Crippen molar-refractivity contribution in [3.8, 4) is 0 Å². The average Bonchev–Trinajstić information content (AvgIpc) is 2.44. The van der Waals surface area contributed by atoms with Gasteiger partial charge in [0.15, 0.2) is 6.61 Å². The van der Waals surface area contributed by atoms with Gasteiger partial charge in [-0.3, -0.25) is 14.9 Å². The molecular weight excluding hydrogens is 312 g/mol. The van der Waals surface area contributed by atoms with Crippen molar-refractivity contribution in [2.75, 3.05) is 6.61 Å². The van der Waals surface area contributed by atoms with E-state index in [1.165, 1.54) is 12.1 Å². The standard InChI is InChI=1S/C14H17ClN2O5/c1-8(2)9(3)16-13(18)7-22-14(19)11-5-4-10(15)6-12(11)17(20)21/h4-6,8-9H,7H2,1-3H3,(H,16,18)/t9-/m1/s1. The lowest BCUT2D eigenvalue weighted by molar-refractivity contribution is -0.385. The number of carbonyl (C=O) groups is 2. The van der Waals surface area contributed by atoms with Crippen molar-refractivity contribution < 1.29 is 19.2 Å². The minimum absolute atomic E-state index is 0.0731. The minimum atomic E-state index is -0.948. The van der Waals surface area contributed by atoms with Crippen LogP contribution in [-0.4, -0.2) is 29.4 Å². The predicted octanol–water partition coefficient (Wildman–Crippen LogP) is 2.57. The Morgan fingerprint density at radius 3 is 2.55 bits per heavy atom. The number of benzene rings is 1. The first-order valence-corrected chi connectivity index (χ1v) is 7.00. The molecule has 1 atom stereocenters. The molecule has 0 aromatic heterocycles. The molecule has 0 bridgehead atoms. The maximum absolute atomic E-state index is 11.9. The average molecular weight is 329 g/mol. The molecule has 0 saturated heterocycles. The van der Waals surface area contributed by atoms with E-state index in [1.807, 2.05) is 20.8 Å². The summed E-state index contributed by atoms with van der Waals surface area (Å²) < 4.78 is 4.80. The van der Waals surface area contributed by atoms with Crippen molar-refractivity contribution in [2.24, 2.45) is 5.92 Å². The molecule has 0 spiro atoms. The van der Waals surface area contributed by atoms with Crippen LogP contribution in [0.5, 0.6) is 0 Å². The highest BCUT2D eigenvalue weighted by molar-refractivity contribution is 6.31. The molecule has 22 heavy (non-hydrogen) atoms. The minimum Gasteiger partial charge on any atom is -0.452 e. The highest BCUT2D eigenvalue weighted by atomic mass is 35.5. The van der Waals surface area contributed by atoms with Gasteiger partial charge in [-0.25, -0.2) is 4.79 Å². The summed E-state index contributed by atoms with van der Waals surface area (Å²) in [5.74, 6) is -1.18. The molecule has 0 aliphatic heterocycles. The van der Waals surface area contributed by atoms with Crippen LogP contribution in [0.25, 0.3) is 0 Å². The zero-order valence-corrected chi connectivity index (χ0v) is 13.2. The van der Waals surface area contributed by atoms with Crippen LogP contribution in [0.4, 0.5) is 5.69 Å². The maximum Gasteiger partial charge on any atom is 0.345 e. The zero-order chi connectivity index (χ0) is 16.9. The second-order valence-corrected chi connectivity index (χ2v) is 5.53. The summed E-state index contributed by atoms with van der Waals surface area (Å²) in [4.78, 5) is 33.6. The van der Waals surface area contributed by atoms with Gasteiger partial charge >= 0.3 is 5.97 Å². The number of nitrogens with zero attached hydrogens (tertiary/aromatic N) is 1. The number of nitro groups is 1. The summed E-state index contributed by atoms with van der Waals surface area (Å²) in [5.41, 5.74) is -0.715. The third-order valence-electron chi connectivity index (χ3n) is 3.10. The van der Waals surface area contributed by atoms with E-state index in [2.05, 4.69) is 5.32 Å². The number of amides is 1.